The van der Waals surface area contributed by atoms with Gasteiger partial charge in [-0.1, -0.05) is 0 Å². The van der Waals surface area contributed by atoms with Crippen molar-refractivity contribution in [3.63, 3.8) is 0 Å². The zero-order valence-electron chi connectivity index (χ0n) is 11.2. The zero-order chi connectivity index (χ0) is 14.2. The van der Waals surface area contributed by atoms with Crippen LogP contribution in [0.2, 0.25) is 0 Å². The molecule has 0 atom stereocenters. The summed E-state index contributed by atoms with van der Waals surface area (Å²) in [7, 11) is 0. The number of rotatable bonds is 3. The summed E-state index contributed by atoms with van der Waals surface area (Å²) < 4.78 is 4.84. The molecule has 0 bridgehead atoms. The van der Waals surface area contributed by atoms with Crippen molar-refractivity contribution in [3.8, 4) is 5.75 Å². The van der Waals surface area contributed by atoms with E-state index in [0.717, 1.165) is 0 Å². The van der Waals surface area contributed by atoms with Gasteiger partial charge in [-0.05, 0) is 20.8 Å². The van der Waals surface area contributed by atoms with E-state index in [1.165, 1.54) is 4.90 Å². The third kappa shape index (κ3) is 2.25. The molecular formula is C13H16N2O4. The molecule has 0 spiro atoms. The lowest BCUT2D eigenvalue weighted by Crippen LogP contribution is -2.34. The van der Waals surface area contributed by atoms with E-state index in [1.807, 2.05) is 0 Å². The summed E-state index contributed by atoms with van der Waals surface area (Å²) in [5.41, 5.74) is 1.76. The van der Waals surface area contributed by atoms with E-state index in [1.54, 1.807) is 20.8 Å². The van der Waals surface area contributed by atoms with Crippen LogP contribution in [-0.2, 0) is 20.7 Å². The third-order valence-corrected chi connectivity index (χ3v) is 3.17. The molecule has 1 aromatic heterocycles. The molecule has 0 fully saturated rings. The second-order valence-corrected chi connectivity index (χ2v) is 4.43. The van der Waals surface area contributed by atoms with Crippen LogP contribution in [0.4, 0.5) is 5.82 Å². The third-order valence-electron chi connectivity index (χ3n) is 3.17. The van der Waals surface area contributed by atoms with Crippen molar-refractivity contribution in [1.29, 1.82) is 0 Å². The van der Waals surface area contributed by atoms with Crippen LogP contribution in [0.5, 0.6) is 5.75 Å². The number of ether oxygens (including phenoxy) is 1. The number of hydrogen-bond donors (Lipinski definition) is 1. The molecule has 0 radical (unpaired) electrons. The number of fused-ring (bicyclic) bond motifs is 1. The largest absolute Gasteiger partial charge is 0.506 e. The molecular weight excluding hydrogens is 248 g/mol. The normalized spacial score (nSPS) is 13.6. The maximum atomic E-state index is 11.9. The van der Waals surface area contributed by atoms with Gasteiger partial charge in [0.2, 0.25) is 5.91 Å². The van der Waals surface area contributed by atoms with Gasteiger partial charge in [-0.3, -0.25) is 14.5 Å². The fraction of sp³-hybridized carbons (Fsp3) is 0.462. The monoisotopic (exact) mass is 264 g/mol. The van der Waals surface area contributed by atoms with Crippen LogP contribution < -0.4 is 4.90 Å². The van der Waals surface area contributed by atoms with Gasteiger partial charge in [0.25, 0.3) is 0 Å². The minimum Gasteiger partial charge on any atom is -0.506 e. The second kappa shape index (κ2) is 4.87. The molecule has 1 aliphatic rings. The number of aromatic hydroxyl groups is 1. The molecule has 0 aromatic carbocycles. The van der Waals surface area contributed by atoms with E-state index in [4.69, 9.17) is 4.74 Å². The van der Waals surface area contributed by atoms with Crippen LogP contribution in [0, 0.1) is 13.8 Å². The highest BCUT2D eigenvalue weighted by Crippen LogP contribution is 2.35. The van der Waals surface area contributed by atoms with Gasteiger partial charge in [-0.25, -0.2) is 4.98 Å². The number of hydrogen-bond acceptors (Lipinski definition) is 5. The number of anilines is 1. The fourth-order valence-electron chi connectivity index (χ4n) is 2.16. The van der Waals surface area contributed by atoms with Crippen LogP contribution >= 0.6 is 0 Å². The summed E-state index contributed by atoms with van der Waals surface area (Å²) in [4.78, 5) is 29.0. The highest BCUT2D eigenvalue weighted by molar-refractivity contribution is 6.03. The molecule has 1 aliphatic heterocycles. The Bertz CT molecular complexity index is 554. The second-order valence-electron chi connectivity index (χ2n) is 4.43. The number of carbonyl (C=O) groups excluding carboxylic acids is 2. The highest BCUT2D eigenvalue weighted by atomic mass is 16.5. The molecule has 1 amide bonds. The maximum Gasteiger partial charge on any atom is 0.326 e. The first-order chi connectivity index (χ1) is 8.95. The average Bonchev–Trinajstić information content (AvgIpc) is 2.65. The molecule has 0 unspecified atom stereocenters. The van der Waals surface area contributed by atoms with Gasteiger partial charge in [0.15, 0.2) is 0 Å². The minimum atomic E-state index is -0.464. The number of pyridine rings is 1. The van der Waals surface area contributed by atoms with Gasteiger partial charge in [0, 0.05) is 11.1 Å². The molecule has 6 heteroatoms. The minimum absolute atomic E-state index is 0.101. The highest BCUT2D eigenvalue weighted by Gasteiger charge is 2.33. The summed E-state index contributed by atoms with van der Waals surface area (Å²) in [6.45, 7) is 5.24. The first-order valence-electron chi connectivity index (χ1n) is 6.10. The molecule has 1 N–H and O–H groups in total. The molecule has 6 nitrogen and oxygen atoms in total. The molecule has 2 rings (SSSR count). The fourth-order valence-corrected chi connectivity index (χ4v) is 2.16. The lowest BCUT2D eigenvalue weighted by atomic mass is 10.1. The maximum absolute atomic E-state index is 11.9. The number of carbonyl (C=O) groups is 2. The molecule has 102 valence electrons. The summed E-state index contributed by atoms with van der Waals surface area (Å²) in [6.07, 6.45) is 0.154. The predicted molar refractivity (Wildman–Crippen MR) is 68.1 cm³/mol. The molecule has 0 saturated heterocycles. The quantitative estimate of drug-likeness (QED) is 0.819. The van der Waals surface area contributed by atoms with Crippen molar-refractivity contribution in [3.05, 3.63) is 16.8 Å². The van der Waals surface area contributed by atoms with Crippen molar-refractivity contribution in [2.45, 2.75) is 27.2 Å². The van der Waals surface area contributed by atoms with Gasteiger partial charge in [0.05, 0.1) is 18.7 Å². The van der Waals surface area contributed by atoms with Crippen LogP contribution in [0.3, 0.4) is 0 Å². The van der Waals surface area contributed by atoms with E-state index in [-0.39, 0.29) is 31.2 Å². The smallest absolute Gasteiger partial charge is 0.326 e. The molecule has 19 heavy (non-hydrogen) atoms. The average molecular weight is 264 g/mol. The van der Waals surface area contributed by atoms with E-state index in [9.17, 15) is 14.7 Å². The van der Waals surface area contributed by atoms with Crippen molar-refractivity contribution in [2.75, 3.05) is 18.1 Å². The number of amides is 1. The number of aromatic nitrogens is 1. The SMILES string of the molecule is CCOC(=O)CN1C(=O)Cc2c1nc(C)c(O)c2C. The van der Waals surface area contributed by atoms with Gasteiger partial charge < -0.3 is 9.84 Å². The van der Waals surface area contributed by atoms with Gasteiger partial charge in [0.1, 0.15) is 18.1 Å². The van der Waals surface area contributed by atoms with E-state index >= 15 is 0 Å². The first kappa shape index (κ1) is 13.3. The summed E-state index contributed by atoms with van der Waals surface area (Å²) >= 11 is 0. The van der Waals surface area contributed by atoms with Crippen molar-refractivity contribution < 1.29 is 19.4 Å². The van der Waals surface area contributed by atoms with Crippen LogP contribution in [0.15, 0.2) is 0 Å². The molecule has 1 aromatic rings. The number of aryl methyl sites for hydroxylation is 1. The summed E-state index contributed by atoms with van der Waals surface area (Å²) in [6, 6.07) is 0. The Kier molecular flexibility index (Phi) is 3.42. The Morgan fingerprint density at radius 1 is 1.47 bits per heavy atom. The summed E-state index contributed by atoms with van der Waals surface area (Å²) in [5.74, 6) is -0.118. The van der Waals surface area contributed by atoms with Crippen molar-refractivity contribution in [1.82, 2.24) is 4.98 Å². The lowest BCUT2D eigenvalue weighted by Gasteiger charge is -2.16. The van der Waals surface area contributed by atoms with E-state index in [0.29, 0.717) is 22.6 Å². The lowest BCUT2D eigenvalue weighted by molar-refractivity contribution is -0.142. The topological polar surface area (TPSA) is 79.7 Å². The Labute approximate surface area is 111 Å². The number of nitrogens with zero attached hydrogens (tertiary/aromatic N) is 2. The standard InChI is InChI=1S/C13H16N2O4/c1-4-19-11(17)6-15-10(16)5-9-7(2)12(18)8(3)14-13(9)15/h18H,4-6H2,1-3H3. The molecule has 2 heterocycles. The van der Waals surface area contributed by atoms with Crippen molar-refractivity contribution >= 4 is 17.7 Å². The van der Waals surface area contributed by atoms with Crippen LogP contribution in [0.1, 0.15) is 23.7 Å². The van der Waals surface area contributed by atoms with E-state index in [2.05, 4.69) is 4.98 Å². The van der Waals surface area contributed by atoms with E-state index < -0.39 is 5.97 Å². The Hall–Kier alpha value is -2.11. The molecule has 0 saturated carbocycles. The summed E-state index contributed by atoms with van der Waals surface area (Å²) in [5, 5.41) is 9.83. The van der Waals surface area contributed by atoms with Gasteiger partial charge >= 0.3 is 5.97 Å². The Morgan fingerprint density at radius 2 is 2.16 bits per heavy atom. The van der Waals surface area contributed by atoms with Gasteiger partial charge in [-0.15, -0.1) is 0 Å². The van der Waals surface area contributed by atoms with Crippen LogP contribution in [-0.4, -0.2) is 35.1 Å². The Balaban J connectivity index is 2.36. The predicted octanol–water partition coefficient (Wildman–Crippen LogP) is 0.856. The Morgan fingerprint density at radius 3 is 2.79 bits per heavy atom. The zero-order valence-corrected chi connectivity index (χ0v) is 11.2. The van der Waals surface area contributed by atoms with Gasteiger partial charge in [-0.2, -0.15) is 0 Å². The number of esters is 1. The first-order valence-corrected chi connectivity index (χ1v) is 6.10. The van der Waals surface area contributed by atoms with Crippen LogP contribution in [0.25, 0.3) is 0 Å². The molecule has 0 aliphatic carbocycles. The van der Waals surface area contributed by atoms with Crippen molar-refractivity contribution in [2.24, 2.45) is 0 Å².